The number of hydrogen-bond donors (Lipinski definition) is 1. The predicted molar refractivity (Wildman–Crippen MR) is 269 cm³/mol. The molecule has 0 spiro atoms. The van der Waals surface area contributed by atoms with Gasteiger partial charge < -0.3 is 14.6 Å². The summed E-state index contributed by atoms with van der Waals surface area (Å²) in [6.45, 7) is 3.97. The van der Waals surface area contributed by atoms with Gasteiger partial charge in [0.2, 0.25) is 0 Å². The van der Waals surface area contributed by atoms with Crippen molar-refractivity contribution in [1.82, 2.24) is 0 Å². The van der Waals surface area contributed by atoms with Gasteiger partial charge in [-0.25, -0.2) is 0 Å². The molecule has 5 heteroatoms. The largest absolute Gasteiger partial charge is 0.462 e. The Labute approximate surface area is 382 Å². The summed E-state index contributed by atoms with van der Waals surface area (Å²) in [6, 6.07) is 0. The molecule has 0 radical (unpaired) electrons. The maximum atomic E-state index is 12.3. The molecule has 0 aromatic rings. The molecular weight excluding hydrogens is 765 g/mol. The number of ether oxygens (including phenoxy) is 2. The van der Waals surface area contributed by atoms with Crippen LogP contribution in [-0.2, 0) is 19.1 Å². The quantitative estimate of drug-likeness (QED) is 0.0375. The number of carbonyl (C=O) groups is 2. The zero-order valence-corrected chi connectivity index (χ0v) is 39.8. The molecule has 0 aliphatic carbocycles. The second-order valence-corrected chi connectivity index (χ2v) is 16.2. The lowest BCUT2D eigenvalue weighted by Crippen LogP contribution is -2.28. The third-order valence-corrected chi connectivity index (χ3v) is 10.2. The smallest absolute Gasteiger partial charge is 0.306 e. The van der Waals surface area contributed by atoms with E-state index in [4.69, 9.17) is 9.47 Å². The molecule has 0 amide bonds. The Morgan fingerprint density at radius 1 is 0.387 bits per heavy atom. The van der Waals surface area contributed by atoms with Crippen LogP contribution < -0.4 is 0 Å². The number of hydrogen-bond acceptors (Lipinski definition) is 5. The fraction of sp³-hybridized carbons (Fsp3) is 0.614. The highest BCUT2D eigenvalue weighted by molar-refractivity contribution is 5.70. The first kappa shape index (κ1) is 58.3. The van der Waals surface area contributed by atoms with E-state index < -0.39 is 6.10 Å². The van der Waals surface area contributed by atoms with E-state index in [1.165, 1.54) is 70.6 Å². The number of aliphatic hydroxyl groups excluding tert-OH is 1. The van der Waals surface area contributed by atoms with E-state index >= 15 is 0 Å². The molecule has 0 aliphatic heterocycles. The van der Waals surface area contributed by atoms with Gasteiger partial charge in [-0.3, -0.25) is 9.59 Å². The molecule has 1 atom stereocenters. The van der Waals surface area contributed by atoms with Gasteiger partial charge in [0.05, 0.1) is 6.61 Å². The first-order valence-corrected chi connectivity index (χ1v) is 25.1. The van der Waals surface area contributed by atoms with E-state index in [1.807, 2.05) is 0 Å². The summed E-state index contributed by atoms with van der Waals surface area (Å²) in [5.41, 5.74) is 0. The van der Waals surface area contributed by atoms with Crippen molar-refractivity contribution in [3.8, 4) is 0 Å². The summed E-state index contributed by atoms with van der Waals surface area (Å²) >= 11 is 0. The van der Waals surface area contributed by atoms with Gasteiger partial charge in [0.25, 0.3) is 0 Å². The Balaban J connectivity index is 3.66. The zero-order valence-electron chi connectivity index (χ0n) is 39.8. The summed E-state index contributed by atoms with van der Waals surface area (Å²) in [4.78, 5) is 24.4. The van der Waals surface area contributed by atoms with Crippen LogP contribution in [0.4, 0.5) is 0 Å². The monoisotopic (exact) mass is 857 g/mol. The van der Waals surface area contributed by atoms with Gasteiger partial charge >= 0.3 is 11.9 Å². The van der Waals surface area contributed by atoms with Crippen molar-refractivity contribution >= 4 is 11.9 Å². The zero-order chi connectivity index (χ0) is 44.9. The van der Waals surface area contributed by atoms with E-state index in [2.05, 4.69) is 135 Å². The van der Waals surface area contributed by atoms with Crippen molar-refractivity contribution in [1.29, 1.82) is 0 Å². The molecule has 0 bridgehead atoms. The molecule has 350 valence electrons. The van der Waals surface area contributed by atoms with Crippen LogP contribution in [0.2, 0.25) is 0 Å². The van der Waals surface area contributed by atoms with E-state index in [9.17, 15) is 14.7 Å². The van der Waals surface area contributed by atoms with Crippen LogP contribution in [-0.4, -0.2) is 36.4 Å². The van der Waals surface area contributed by atoms with Crippen LogP contribution >= 0.6 is 0 Å². The Bertz CT molecular complexity index is 1290. The highest BCUT2D eigenvalue weighted by Crippen LogP contribution is 2.12. The van der Waals surface area contributed by atoms with Gasteiger partial charge in [0.1, 0.15) is 6.61 Å². The topological polar surface area (TPSA) is 72.8 Å². The minimum Gasteiger partial charge on any atom is -0.462 e. The van der Waals surface area contributed by atoms with E-state index in [0.29, 0.717) is 12.8 Å². The minimum absolute atomic E-state index is 0.0918. The highest BCUT2D eigenvalue weighted by Gasteiger charge is 2.16. The summed E-state index contributed by atoms with van der Waals surface area (Å²) in [5, 5.41) is 9.62. The average Bonchev–Trinajstić information content (AvgIpc) is 3.28. The lowest BCUT2D eigenvalue weighted by Gasteiger charge is -2.15. The Hall–Kier alpha value is -3.70. The fourth-order valence-corrected chi connectivity index (χ4v) is 6.48. The molecule has 0 fully saturated rings. The summed E-state index contributed by atoms with van der Waals surface area (Å²) < 4.78 is 10.6. The van der Waals surface area contributed by atoms with Gasteiger partial charge in [-0.15, -0.1) is 0 Å². The van der Waals surface area contributed by atoms with Crippen LogP contribution in [0.5, 0.6) is 0 Å². The maximum Gasteiger partial charge on any atom is 0.306 e. The molecule has 1 unspecified atom stereocenters. The molecule has 1 N–H and O–H groups in total. The molecule has 0 aliphatic rings. The third kappa shape index (κ3) is 49.0. The second kappa shape index (κ2) is 51.6. The van der Waals surface area contributed by atoms with Gasteiger partial charge in [-0.1, -0.05) is 206 Å². The van der Waals surface area contributed by atoms with Crippen LogP contribution in [0.25, 0.3) is 0 Å². The number of rotatable bonds is 44. The second-order valence-electron chi connectivity index (χ2n) is 16.2. The average molecular weight is 857 g/mol. The van der Waals surface area contributed by atoms with E-state index in [1.54, 1.807) is 0 Å². The van der Waals surface area contributed by atoms with Crippen LogP contribution in [0.15, 0.2) is 122 Å². The maximum absolute atomic E-state index is 12.3. The lowest BCUT2D eigenvalue weighted by molar-refractivity contribution is -0.161. The minimum atomic E-state index is -0.803. The molecule has 0 rings (SSSR count). The Morgan fingerprint density at radius 3 is 1.06 bits per heavy atom. The van der Waals surface area contributed by atoms with Gasteiger partial charge in [-0.05, 0) is 109 Å². The fourth-order valence-electron chi connectivity index (χ4n) is 6.48. The van der Waals surface area contributed by atoms with Gasteiger partial charge in [-0.2, -0.15) is 0 Å². The van der Waals surface area contributed by atoms with Gasteiger partial charge in [0.15, 0.2) is 6.10 Å². The first-order valence-electron chi connectivity index (χ1n) is 25.1. The normalized spacial score (nSPS) is 13.3. The van der Waals surface area contributed by atoms with E-state index in [0.717, 1.165) is 109 Å². The Morgan fingerprint density at radius 2 is 0.694 bits per heavy atom. The summed E-state index contributed by atoms with van der Waals surface area (Å²) in [5.74, 6) is -0.646. The molecular formula is C57H92O5. The van der Waals surface area contributed by atoms with Crippen molar-refractivity contribution in [2.75, 3.05) is 13.2 Å². The molecule has 62 heavy (non-hydrogen) atoms. The molecule has 0 heterocycles. The Kier molecular flexibility index (Phi) is 48.6. The predicted octanol–water partition coefficient (Wildman–Crippen LogP) is 16.7. The summed E-state index contributed by atoms with van der Waals surface area (Å²) in [6.07, 6.45) is 75.6. The highest BCUT2D eigenvalue weighted by atomic mass is 16.6. The van der Waals surface area contributed by atoms with Crippen LogP contribution in [0.1, 0.15) is 206 Å². The van der Waals surface area contributed by atoms with Crippen molar-refractivity contribution in [2.45, 2.75) is 213 Å². The number of esters is 2. The molecule has 5 nitrogen and oxygen atoms in total. The SMILES string of the molecule is CC/C=C\C/C=C\C/C=C\C/C=C\C/C=C\C/C=C\C/C=C\CCCCCC(=O)OC(CO)COC(=O)CCCCCCCCCC/C=C\C/C=C\C/C=C\CCCCCCC. The first-order chi connectivity index (χ1) is 30.6. The number of allylic oxidation sites excluding steroid dienone is 20. The number of carbonyl (C=O) groups excluding carboxylic acids is 2. The lowest BCUT2D eigenvalue weighted by atomic mass is 10.1. The van der Waals surface area contributed by atoms with Crippen molar-refractivity contribution in [2.24, 2.45) is 0 Å². The van der Waals surface area contributed by atoms with Crippen molar-refractivity contribution in [3.05, 3.63) is 122 Å². The molecule has 0 aromatic carbocycles. The van der Waals surface area contributed by atoms with Crippen LogP contribution in [0.3, 0.4) is 0 Å². The van der Waals surface area contributed by atoms with Crippen molar-refractivity contribution in [3.63, 3.8) is 0 Å². The standard InChI is InChI=1S/C57H92O5/c1-3-5-7-9-11-13-15-17-19-21-23-25-27-28-30-32-34-36-38-40-42-44-46-48-50-52-57(60)62-55(53-58)54-61-56(59)51-49-47-45-43-41-39-37-35-33-31-29-26-24-22-20-18-16-14-12-10-8-6-4-2/h5,7,11,13,16-19,22-25,28-31,34,36,40,42,55,58H,3-4,6,8-10,12,14-15,20-21,26-27,32-33,35,37-39,41,43-54H2,1-2H3/b7-5-,13-11-,18-16-,19-17-,24-22-,25-23-,30-28-,31-29-,36-34-,42-40-. The van der Waals surface area contributed by atoms with Gasteiger partial charge in [0, 0.05) is 12.8 Å². The molecule has 0 saturated heterocycles. The third-order valence-electron chi connectivity index (χ3n) is 10.2. The van der Waals surface area contributed by atoms with Crippen LogP contribution in [0, 0.1) is 0 Å². The molecule has 0 aromatic heterocycles. The number of unbranched alkanes of at least 4 members (excludes halogenated alkanes) is 16. The number of aliphatic hydroxyl groups is 1. The van der Waals surface area contributed by atoms with E-state index in [-0.39, 0.29) is 25.2 Å². The van der Waals surface area contributed by atoms with Crippen molar-refractivity contribution < 1.29 is 24.2 Å². The molecule has 0 saturated carbocycles. The summed E-state index contributed by atoms with van der Waals surface area (Å²) in [7, 11) is 0.